The van der Waals surface area contributed by atoms with Crippen LogP contribution in [0, 0.1) is 11.7 Å². The topological polar surface area (TPSA) is 29.1 Å². The van der Waals surface area contributed by atoms with E-state index in [-0.39, 0.29) is 23.6 Å². The predicted molar refractivity (Wildman–Crippen MR) is 57.2 cm³/mol. The summed E-state index contributed by atoms with van der Waals surface area (Å²) in [7, 11) is 0. The van der Waals surface area contributed by atoms with Crippen molar-refractivity contribution in [3.63, 3.8) is 0 Å². The van der Waals surface area contributed by atoms with E-state index in [0.29, 0.717) is 5.69 Å². The maximum Gasteiger partial charge on any atom is 0.228 e. The minimum atomic E-state index is -0.345. The summed E-state index contributed by atoms with van der Waals surface area (Å²) >= 11 is 0. The van der Waals surface area contributed by atoms with E-state index in [1.807, 2.05) is 19.9 Å². The zero-order valence-corrected chi connectivity index (χ0v) is 8.88. The van der Waals surface area contributed by atoms with Crippen LogP contribution >= 0.6 is 0 Å². The molecule has 1 heterocycles. The molecular formula is C12H14FNO. The summed E-state index contributed by atoms with van der Waals surface area (Å²) in [4.78, 5) is 11.7. The molecule has 80 valence electrons. The standard InChI is InChI=1S/C12H14FNO/c1-3-8-7(2)9-5-4-6-10(13)11(9)14-12(8)15/h4-8H,3H2,1-2H3,(H,14,15). The van der Waals surface area contributed by atoms with Gasteiger partial charge in [-0.1, -0.05) is 26.0 Å². The zero-order chi connectivity index (χ0) is 11.0. The fourth-order valence-corrected chi connectivity index (χ4v) is 2.25. The lowest BCUT2D eigenvalue weighted by molar-refractivity contribution is -0.120. The Hall–Kier alpha value is -1.38. The van der Waals surface area contributed by atoms with Crippen LogP contribution in [-0.4, -0.2) is 5.91 Å². The summed E-state index contributed by atoms with van der Waals surface area (Å²) in [6, 6.07) is 4.94. The molecule has 2 unspecified atom stereocenters. The van der Waals surface area contributed by atoms with Crippen molar-refractivity contribution >= 4 is 11.6 Å². The van der Waals surface area contributed by atoms with Crippen LogP contribution in [0.1, 0.15) is 31.7 Å². The van der Waals surface area contributed by atoms with Crippen molar-refractivity contribution in [2.45, 2.75) is 26.2 Å². The normalized spacial score (nSPS) is 24.6. The first-order chi connectivity index (χ1) is 7.15. The van der Waals surface area contributed by atoms with Crippen molar-refractivity contribution in [1.29, 1.82) is 0 Å². The number of carbonyl (C=O) groups is 1. The van der Waals surface area contributed by atoms with Gasteiger partial charge in [0.1, 0.15) is 5.82 Å². The van der Waals surface area contributed by atoms with Gasteiger partial charge in [-0.05, 0) is 24.0 Å². The van der Waals surface area contributed by atoms with Crippen molar-refractivity contribution in [2.24, 2.45) is 5.92 Å². The Bertz CT molecular complexity index is 403. The number of nitrogens with one attached hydrogen (secondary N) is 1. The summed E-state index contributed by atoms with van der Waals surface area (Å²) in [6.07, 6.45) is 0.781. The maximum absolute atomic E-state index is 13.4. The molecular weight excluding hydrogens is 193 g/mol. The quantitative estimate of drug-likeness (QED) is 0.753. The van der Waals surface area contributed by atoms with E-state index in [4.69, 9.17) is 0 Å². The van der Waals surface area contributed by atoms with Gasteiger partial charge < -0.3 is 5.32 Å². The van der Waals surface area contributed by atoms with Crippen molar-refractivity contribution in [3.8, 4) is 0 Å². The van der Waals surface area contributed by atoms with Gasteiger partial charge in [0, 0.05) is 5.92 Å². The van der Waals surface area contributed by atoms with Crippen molar-refractivity contribution in [1.82, 2.24) is 0 Å². The van der Waals surface area contributed by atoms with Crippen LogP contribution in [0.25, 0.3) is 0 Å². The number of carbonyl (C=O) groups excluding carboxylic acids is 1. The lowest BCUT2D eigenvalue weighted by Crippen LogP contribution is -2.32. The zero-order valence-electron chi connectivity index (χ0n) is 8.88. The Labute approximate surface area is 88.5 Å². The van der Waals surface area contributed by atoms with E-state index in [9.17, 15) is 9.18 Å². The molecule has 15 heavy (non-hydrogen) atoms. The second kappa shape index (κ2) is 3.65. The van der Waals surface area contributed by atoms with Gasteiger partial charge in [-0.2, -0.15) is 0 Å². The minimum Gasteiger partial charge on any atom is -0.323 e. The van der Waals surface area contributed by atoms with Gasteiger partial charge in [0.2, 0.25) is 5.91 Å². The van der Waals surface area contributed by atoms with E-state index >= 15 is 0 Å². The number of fused-ring (bicyclic) bond motifs is 1. The number of amides is 1. The van der Waals surface area contributed by atoms with Gasteiger partial charge in [-0.15, -0.1) is 0 Å². The van der Waals surface area contributed by atoms with Gasteiger partial charge in [0.05, 0.1) is 5.69 Å². The highest BCUT2D eigenvalue weighted by molar-refractivity contribution is 5.96. The lowest BCUT2D eigenvalue weighted by atomic mass is 9.81. The molecule has 0 radical (unpaired) electrons. The van der Waals surface area contributed by atoms with Crippen LogP contribution in [-0.2, 0) is 4.79 Å². The maximum atomic E-state index is 13.4. The molecule has 2 atom stereocenters. The third-order valence-electron chi connectivity index (χ3n) is 3.16. The van der Waals surface area contributed by atoms with Gasteiger partial charge >= 0.3 is 0 Å². The van der Waals surface area contributed by atoms with Crippen LogP contribution in [0.15, 0.2) is 18.2 Å². The molecule has 0 spiro atoms. The number of halogens is 1. The van der Waals surface area contributed by atoms with Gasteiger partial charge in [0.15, 0.2) is 0 Å². The molecule has 0 fully saturated rings. The Morgan fingerprint density at radius 2 is 2.20 bits per heavy atom. The molecule has 0 bridgehead atoms. The molecule has 0 saturated heterocycles. The average Bonchev–Trinajstić information content (AvgIpc) is 2.20. The van der Waals surface area contributed by atoms with Gasteiger partial charge in [-0.3, -0.25) is 4.79 Å². The van der Waals surface area contributed by atoms with Crippen LogP contribution in [0.2, 0.25) is 0 Å². The highest BCUT2D eigenvalue weighted by Gasteiger charge is 2.32. The first kappa shape index (κ1) is 10.1. The molecule has 0 aromatic heterocycles. The summed E-state index contributed by atoms with van der Waals surface area (Å²) in [6.45, 7) is 3.95. The largest absolute Gasteiger partial charge is 0.323 e. The Morgan fingerprint density at radius 3 is 2.87 bits per heavy atom. The fourth-order valence-electron chi connectivity index (χ4n) is 2.25. The third-order valence-corrected chi connectivity index (χ3v) is 3.16. The van der Waals surface area contributed by atoms with Gasteiger partial charge in [-0.25, -0.2) is 4.39 Å². The van der Waals surface area contributed by atoms with E-state index in [1.54, 1.807) is 6.07 Å². The second-order valence-corrected chi connectivity index (χ2v) is 4.00. The molecule has 3 heteroatoms. The minimum absolute atomic E-state index is 0.0423. The monoisotopic (exact) mass is 207 g/mol. The molecule has 2 rings (SSSR count). The molecule has 1 amide bonds. The summed E-state index contributed by atoms with van der Waals surface area (Å²) in [5, 5.41) is 2.65. The Balaban J connectivity index is 2.50. The number of para-hydroxylation sites is 1. The van der Waals surface area contributed by atoms with E-state index in [0.717, 1.165) is 12.0 Å². The molecule has 1 aromatic carbocycles. The first-order valence-corrected chi connectivity index (χ1v) is 5.24. The Morgan fingerprint density at radius 1 is 1.47 bits per heavy atom. The van der Waals surface area contributed by atoms with Gasteiger partial charge in [0.25, 0.3) is 0 Å². The number of hydrogen-bond donors (Lipinski definition) is 1. The molecule has 0 aliphatic carbocycles. The molecule has 2 nitrogen and oxygen atoms in total. The first-order valence-electron chi connectivity index (χ1n) is 5.24. The molecule has 0 saturated carbocycles. The molecule has 1 N–H and O–H groups in total. The summed E-state index contributed by atoms with van der Waals surface area (Å²) < 4.78 is 13.4. The lowest BCUT2D eigenvalue weighted by Gasteiger charge is -2.30. The number of anilines is 1. The van der Waals surface area contributed by atoms with Crippen LogP contribution < -0.4 is 5.32 Å². The summed E-state index contributed by atoms with van der Waals surface area (Å²) in [5.41, 5.74) is 1.26. The average molecular weight is 207 g/mol. The molecule has 1 aromatic rings. The SMILES string of the molecule is CCC1C(=O)Nc2c(F)cccc2C1C. The van der Waals surface area contributed by atoms with Crippen LogP contribution in [0.5, 0.6) is 0 Å². The predicted octanol–water partition coefficient (Wildman–Crippen LogP) is 2.91. The molecule has 1 aliphatic heterocycles. The van der Waals surface area contributed by atoms with Crippen LogP contribution in [0.4, 0.5) is 10.1 Å². The van der Waals surface area contributed by atoms with Crippen molar-refractivity contribution < 1.29 is 9.18 Å². The Kier molecular flexibility index (Phi) is 2.47. The van der Waals surface area contributed by atoms with E-state index in [1.165, 1.54) is 6.07 Å². The van der Waals surface area contributed by atoms with E-state index in [2.05, 4.69) is 5.32 Å². The highest BCUT2D eigenvalue weighted by Crippen LogP contribution is 2.38. The number of rotatable bonds is 1. The van der Waals surface area contributed by atoms with Crippen molar-refractivity contribution in [3.05, 3.63) is 29.6 Å². The van der Waals surface area contributed by atoms with E-state index < -0.39 is 0 Å². The fraction of sp³-hybridized carbons (Fsp3) is 0.417. The number of hydrogen-bond acceptors (Lipinski definition) is 1. The number of benzene rings is 1. The third kappa shape index (κ3) is 1.52. The highest BCUT2D eigenvalue weighted by atomic mass is 19.1. The molecule has 1 aliphatic rings. The second-order valence-electron chi connectivity index (χ2n) is 4.00. The van der Waals surface area contributed by atoms with Crippen LogP contribution in [0.3, 0.4) is 0 Å². The van der Waals surface area contributed by atoms with Crippen molar-refractivity contribution in [2.75, 3.05) is 5.32 Å². The summed E-state index contributed by atoms with van der Waals surface area (Å²) in [5.74, 6) is -0.362. The smallest absolute Gasteiger partial charge is 0.228 e.